The Morgan fingerprint density at radius 1 is 0.767 bits per heavy atom. The topological polar surface area (TPSA) is 29.5 Å². The van der Waals surface area contributed by atoms with Gasteiger partial charge in [-0.3, -0.25) is 0 Å². The first-order valence-corrected chi connectivity index (χ1v) is 12.7. The van der Waals surface area contributed by atoms with E-state index in [1.165, 1.54) is 10.4 Å². The lowest BCUT2D eigenvalue weighted by Gasteiger charge is -2.43. The van der Waals surface area contributed by atoms with E-state index < -0.39 is 14.4 Å². The van der Waals surface area contributed by atoms with Gasteiger partial charge in [-0.2, -0.15) is 0 Å². The molecule has 0 radical (unpaired) electrons. The van der Waals surface area contributed by atoms with Crippen LogP contribution in [0, 0.1) is 5.92 Å². The largest absolute Gasteiger partial charge is 0.403 e. The fourth-order valence-electron chi connectivity index (χ4n) is 4.26. The van der Waals surface area contributed by atoms with Crippen molar-refractivity contribution in [2.24, 2.45) is 5.92 Å². The molecule has 0 bridgehead atoms. The summed E-state index contributed by atoms with van der Waals surface area (Å²) in [6.07, 6.45) is -0.496. The quantitative estimate of drug-likeness (QED) is 0.517. The van der Waals surface area contributed by atoms with Crippen LogP contribution in [0.4, 0.5) is 0 Å². The third-order valence-corrected chi connectivity index (χ3v) is 10.8. The number of aliphatic hydroxyl groups is 1. The molecule has 30 heavy (non-hydrogen) atoms. The van der Waals surface area contributed by atoms with E-state index in [1.807, 2.05) is 32.0 Å². The van der Waals surface area contributed by atoms with Crippen LogP contribution in [0.1, 0.15) is 51.8 Å². The van der Waals surface area contributed by atoms with Gasteiger partial charge in [0.05, 0.1) is 12.7 Å². The molecule has 0 fully saturated rings. The molecule has 158 valence electrons. The minimum Gasteiger partial charge on any atom is -0.403 e. The average Bonchev–Trinajstić information content (AvgIpc) is 2.74. The van der Waals surface area contributed by atoms with Gasteiger partial charge in [-0.15, -0.1) is 0 Å². The van der Waals surface area contributed by atoms with Gasteiger partial charge >= 0.3 is 0 Å². The molecular formula is C27H34O2Si. The van der Waals surface area contributed by atoms with Crippen molar-refractivity contribution in [3.63, 3.8) is 0 Å². The molecular weight excluding hydrogens is 384 g/mol. The van der Waals surface area contributed by atoms with Gasteiger partial charge in [0.1, 0.15) is 0 Å². The lowest BCUT2D eigenvalue weighted by Crippen LogP contribution is -2.66. The van der Waals surface area contributed by atoms with Crippen LogP contribution in [0.2, 0.25) is 5.04 Å². The van der Waals surface area contributed by atoms with E-state index in [4.69, 9.17) is 4.43 Å². The van der Waals surface area contributed by atoms with E-state index in [0.29, 0.717) is 6.61 Å². The zero-order valence-electron chi connectivity index (χ0n) is 18.8. The Balaban J connectivity index is 2.10. The Kier molecular flexibility index (Phi) is 6.97. The summed E-state index contributed by atoms with van der Waals surface area (Å²) in [5.74, 6) is 0.152. The van der Waals surface area contributed by atoms with Gasteiger partial charge in [-0.1, -0.05) is 120 Å². The van der Waals surface area contributed by atoms with Gasteiger partial charge in [0, 0.05) is 0 Å². The van der Waals surface area contributed by atoms with E-state index in [2.05, 4.69) is 87.5 Å². The summed E-state index contributed by atoms with van der Waals surface area (Å²) in [7, 11) is -2.60. The minimum atomic E-state index is -2.60. The lowest BCUT2D eigenvalue weighted by molar-refractivity contribution is 0.124. The predicted octanol–water partition coefficient (Wildman–Crippen LogP) is 5.45. The summed E-state index contributed by atoms with van der Waals surface area (Å²) < 4.78 is 7.05. The number of hydrogen-bond acceptors (Lipinski definition) is 2. The molecule has 0 aromatic heterocycles. The molecule has 0 amide bonds. The summed E-state index contributed by atoms with van der Waals surface area (Å²) in [6.45, 7) is 11.4. The van der Waals surface area contributed by atoms with Crippen molar-refractivity contribution < 1.29 is 9.53 Å². The number of aliphatic hydroxyl groups excluding tert-OH is 1. The summed E-state index contributed by atoms with van der Waals surface area (Å²) in [4.78, 5) is 0. The van der Waals surface area contributed by atoms with Crippen LogP contribution in [0.15, 0.2) is 84.9 Å². The second-order valence-electron chi connectivity index (χ2n) is 9.34. The normalized spacial score (nSPS) is 13.4. The molecule has 3 heteroatoms. The lowest BCUT2D eigenvalue weighted by atomic mass is 9.95. The molecule has 3 aromatic rings. The van der Waals surface area contributed by atoms with Crippen molar-refractivity contribution >= 4 is 18.7 Å². The highest BCUT2D eigenvalue weighted by Gasteiger charge is 2.50. The Hall–Kier alpha value is -2.20. The van der Waals surface area contributed by atoms with Gasteiger partial charge < -0.3 is 9.53 Å². The Morgan fingerprint density at radius 3 is 1.70 bits per heavy atom. The van der Waals surface area contributed by atoms with Crippen LogP contribution in [0.5, 0.6) is 0 Å². The molecule has 0 saturated carbocycles. The van der Waals surface area contributed by atoms with Gasteiger partial charge in [-0.05, 0) is 32.5 Å². The summed E-state index contributed by atoms with van der Waals surface area (Å²) in [5, 5.41) is 13.2. The fraction of sp³-hybridized carbons (Fsp3) is 0.333. The van der Waals surface area contributed by atoms with Crippen molar-refractivity contribution in [3.05, 3.63) is 96.1 Å². The highest BCUT2D eigenvalue weighted by Crippen LogP contribution is 2.38. The third-order valence-electron chi connectivity index (χ3n) is 5.87. The summed E-state index contributed by atoms with van der Waals surface area (Å²) in [5.41, 5.74) is 2.03. The molecule has 1 unspecified atom stereocenters. The van der Waals surface area contributed by atoms with Crippen LogP contribution in [-0.4, -0.2) is 13.4 Å². The van der Waals surface area contributed by atoms with Crippen LogP contribution in [0.25, 0.3) is 0 Å². The monoisotopic (exact) mass is 418 g/mol. The number of rotatable bonds is 7. The SMILES string of the molecule is CC(C)C(O)c1ccccc1CO[Si](c1ccccc1)(c1ccccc1)C(C)(C)C. The molecule has 3 aromatic carbocycles. The molecule has 0 saturated heterocycles. The van der Waals surface area contributed by atoms with E-state index in [1.54, 1.807) is 0 Å². The van der Waals surface area contributed by atoms with Gasteiger partial charge in [0.25, 0.3) is 8.32 Å². The van der Waals surface area contributed by atoms with Crippen LogP contribution in [-0.2, 0) is 11.0 Å². The van der Waals surface area contributed by atoms with Crippen molar-refractivity contribution in [2.75, 3.05) is 0 Å². The molecule has 2 nitrogen and oxygen atoms in total. The van der Waals surface area contributed by atoms with E-state index in [9.17, 15) is 5.11 Å². The zero-order chi connectivity index (χ0) is 21.8. The second kappa shape index (κ2) is 9.30. The van der Waals surface area contributed by atoms with Gasteiger partial charge in [-0.25, -0.2) is 0 Å². The Bertz CT molecular complexity index is 890. The molecule has 0 aliphatic carbocycles. The molecule has 0 aliphatic rings. The van der Waals surface area contributed by atoms with E-state index >= 15 is 0 Å². The highest BCUT2D eigenvalue weighted by molar-refractivity contribution is 6.99. The van der Waals surface area contributed by atoms with Crippen molar-refractivity contribution in [1.82, 2.24) is 0 Å². The molecule has 1 atom stereocenters. The minimum absolute atomic E-state index is 0.0681. The first-order chi connectivity index (χ1) is 14.3. The smallest absolute Gasteiger partial charge is 0.261 e. The molecule has 1 N–H and O–H groups in total. The summed E-state index contributed by atoms with van der Waals surface area (Å²) in [6, 6.07) is 29.5. The Morgan fingerprint density at radius 2 is 1.23 bits per heavy atom. The average molecular weight is 419 g/mol. The van der Waals surface area contributed by atoms with E-state index in [-0.39, 0.29) is 11.0 Å². The maximum absolute atomic E-state index is 10.8. The Labute approximate surface area is 182 Å². The second-order valence-corrected chi connectivity index (χ2v) is 13.6. The summed E-state index contributed by atoms with van der Waals surface area (Å²) >= 11 is 0. The van der Waals surface area contributed by atoms with Crippen LogP contribution in [0.3, 0.4) is 0 Å². The maximum atomic E-state index is 10.8. The van der Waals surface area contributed by atoms with Crippen molar-refractivity contribution in [1.29, 1.82) is 0 Å². The third kappa shape index (κ3) is 4.44. The number of benzene rings is 3. The van der Waals surface area contributed by atoms with Crippen molar-refractivity contribution in [3.8, 4) is 0 Å². The van der Waals surface area contributed by atoms with E-state index in [0.717, 1.165) is 11.1 Å². The molecule has 3 rings (SSSR count). The first-order valence-electron chi connectivity index (χ1n) is 10.8. The molecule has 0 heterocycles. The predicted molar refractivity (Wildman–Crippen MR) is 129 cm³/mol. The maximum Gasteiger partial charge on any atom is 0.261 e. The fourth-order valence-corrected chi connectivity index (χ4v) is 8.79. The van der Waals surface area contributed by atoms with Crippen LogP contribution >= 0.6 is 0 Å². The van der Waals surface area contributed by atoms with Gasteiger partial charge in [0.15, 0.2) is 0 Å². The first kappa shape index (κ1) is 22.5. The van der Waals surface area contributed by atoms with Gasteiger partial charge in [0.2, 0.25) is 0 Å². The van der Waals surface area contributed by atoms with Crippen LogP contribution < -0.4 is 10.4 Å². The standard InChI is InChI=1S/C27H34O2Si/c1-21(2)26(28)25-19-13-12-14-22(25)20-29-30(27(3,4)5,23-15-8-6-9-16-23)24-17-10-7-11-18-24/h6-19,21,26,28H,20H2,1-5H3. The molecule has 0 aliphatic heterocycles. The van der Waals surface area contributed by atoms with Crippen molar-refractivity contribution in [2.45, 2.75) is 52.4 Å². The number of hydrogen-bond donors (Lipinski definition) is 1. The highest BCUT2D eigenvalue weighted by atomic mass is 28.4. The zero-order valence-corrected chi connectivity index (χ0v) is 19.8. The molecule has 0 spiro atoms.